The van der Waals surface area contributed by atoms with Crippen molar-refractivity contribution in [3.63, 3.8) is 0 Å². The molecule has 0 aliphatic rings. The first kappa shape index (κ1) is 15.4. The minimum atomic E-state index is 0.553. The summed E-state index contributed by atoms with van der Waals surface area (Å²) in [6.07, 6.45) is 5.79. The fourth-order valence-electron chi connectivity index (χ4n) is 2.23. The lowest BCUT2D eigenvalue weighted by Gasteiger charge is -2.03. The van der Waals surface area contributed by atoms with Crippen LogP contribution in [0.1, 0.15) is 0 Å². The second-order valence-electron chi connectivity index (χ2n) is 4.75. The van der Waals surface area contributed by atoms with Gasteiger partial charge in [0.1, 0.15) is 17.9 Å². The fourth-order valence-corrected chi connectivity index (χ4v) is 2.76. The van der Waals surface area contributed by atoms with Crippen LogP contribution in [0.15, 0.2) is 69.8 Å². The van der Waals surface area contributed by atoms with Crippen molar-refractivity contribution in [3.8, 4) is 16.9 Å². The summed E-state index contributed by atoms with van der Waals surface area (Å²) in [5, 5.41) is 1.93. The Labute approximate surface area is 146 Å². The third-order valence-electron chi connectivity index (χ3n) is 3.30. The van der Waals surface area contributed by atoms with Gasteiger partial charge in [-0.1, -0.05) is 56.1 Å². The van der Waals surface area contributed by atoms with Gasteiger partial charge in [-0.05, 0) is 29.8 Å². The molecule has 0 spiro atoms. The predicted molar refractivity (Wildman–Crippen MR) is 97.8 cm³/mol. The van der Waals surface area contributed by atoms with Crippen LogP contribution in [0.5, 0.6) is 5.75 Å². The molecule has 4 heteroatoms. The number of rotatable bonds is 5. The topological polar surface area (TPSA) is 22.4 Å². The lowest BCUT2D eigenvalue weighted by atomic mass is 10.1. The van der Waals surface area contributed by atoms with E-state index in [-0.39, 0.29) is 0 Å². The maximum absolute atomic E-state index is 5.68. The van der Waals surface area contributed by atoms with E-state index in [1.165, 1.54) is 0 Å². The summed E-state index contributed by atoms with van der Waals surface area (Å²) in [4.78, 5) is 0. The van der Waals surface area contributed by atoms with Crippen LogP contribution in [0.4, 0.5) is 0 Å². The summed E-state index contributed by atoms with van der Waals surface area (Å²) in [7, 11) is 0. The molecule has 0 N–H and O–H groups in total. The summed E-state index contributed by atoms with van der Waals surface area (Å²) >= 11 is 6.79. The number of hydrogen-bond donors (Lipinski definition) is 0. The van der Waals surface area contributed by atoms with Crippen molar-refractivity contribution >= 4 is 42.8 Å². The van der Waals surface area contributed by atoms with Gasteiger partial charge in [-0.2, -0.15) is 0 Å². The quantitative estimate of drug-likeness (QED) is 0.361. The Hall–Kier alpha value is -1.52. The van der Waals surface area contributed by atoms with Crippen LogP contribution in [-0.4, -0.2) is 11.9 Å². The van der Waals surface area contributed by atoms with Crippen LogP contribution in [-0.2, 0) is 0 Å². The maximum atomic E-state index is 5.68. The second-order valence-corrected chi connectivity index (χ2v) is 6.31. The van der Waals surface area contributed by atoms with Crippen molar-refractivity contribution in [2.45, 2.75) is 0 Å². The van der Waals surface area contributed by atoms with Gasteiger partial charge < -0.3 is 9.15 Å². The highest BCUT2D eigenvalue weighted by Crippen LogP contribution is 2.33. The molecule has 3 rings (SSSR count). The van der Waals surface area contributed by atoms with E-state index in [0.29, 0.717) is 6.61 Å². The zero-order chi connectivity index (χ0) is 15.4. The molecule has 0 aliphatic carbocycles. The van der Waals surface area contributed by atoms with Gasteiger partial charge in [-0.15, -0.1) is 0 Å². The molecule has 0 unspecified atom stereocenters. The number of ether oxygens (including phenoxy) is 1. The molecule has 0 bridgehead atoms. The number of alkyl halides is 1. The highest BCUT2D eigenvalue weighted by Gasteiger charge is 2.09. The molecular weight excluding hydrogens is 408 g/mol. The third kappa shape index (κ3) is 3.45. The van der Waals surface area contributed by atoms with E-state index >= 15 is 0 Å². The van der Waals surface area contributed by atoms with Gasteiger partial charge >= 0.3 is 0 Å². The second kappa shape index (κ2) is 7.16. The normalized spacial score (nSPS) is 11.4. The third-order valence-corrected chi connectivity index (χ3v) is 4.21. The van der Waals surface area contributed by atoms with E-state index in [9.17, 15) is 0 Å². The summed E-state index contributed by atoms with van der Waals surface area (Å²) in [5.74, 6) is 0.809. The Morgan fingerprint density at radius 2 is 1.86 bits per heavy atom. The van der Waals surface area contributed by atoms with Crippen molar-refractivity contribution in [1.82, 2.24) is 0 Å². The smallest absolute Gasteiger partial charge is 0.138 e. The molecule has 112 valence electrons. The molecule has 0 atom stereocenters. The van der Waals surface area contributed by atoms with Crippen molar-refractivity contribution in [2.24, 2.45) is 0 Å². The summed E-state index contributed by atoms with van der Waals surface area (Å²) in [6, 6.07) is 14.2. The van der Waals surface area contributed by atoms with Gasteiger partial charge in [0.05, 0.1) is 6.26 Å². The molecule has 22 heavy (non-hydrogen) atoms. The molecule has 0 radical (unpaired) electrons. The van der Waals surface area contributed by atoms with Gasteiger partial charge in [0.25, 0.3) is 0 Å². The fraction of sp³-hybridized carbons (Fsp3) is 0.111. The zero-order valence-electron chi connectivity index (χ0n) is 11.8. The molecule has 0 saturated carbocycles. The number of allylic oxidation sites excluding steroid dienone is 1. The Bertz CT molecular complexity index is 788. The number of benzene rings is 2. The van der Waals surface area contributed by atoms with Crippen LogP contribution < -0.4 is 4.74 Å². The molecule has 0 amide bonds. The first-order chi connectivity index (χ1) is 10.8. The molecule has 3 aromatic rings. The number of hydrogen-bond acceptors (Lipinski definition) is 2. The standard InChI is InChI=1S/C18H14Br2O2/c19-9-1-2-10-21-15-7-8-16-17(12-22-18(16)11-15)13-3-5-14(20)6-4-13/h1-8,11-12H,9-10H2. The van der Waals surface area contributed by atoms with Crippen LogP contribution in [0.25, 0.3) is 22.1 Å². The lowest BCUT2D eigenvalue weighted by Crippen LogP contribution is -1.92. The largest absolute Gasteiger partial charge is 0.489 e. The highest BCUT2D eigenvalue weighted by molar-refractivity contribution is 9.10. The number of halogens is 2. The van der Waals surface area contributed by atoms with Crippen LogP contribution in [0.2, 0.25) is 0 Å². The first-order valence-electron chi connectivity index (χ1n) is 6.89. The Morgan fingerprint density at radius 1 is 1.05 bits per heavy atom. The Balaban J connectivity index is 1.86. The van der Waals surface area contributed by atoms with Crippen molar-refractivity contribution in [2.75, 3.05) is 11.9 Å². The minimum Gasteiger partial charge on any atom is -0.489 e. The molecule has 0 fully saturated rings. The lowest BCUT2D eigenvalue weighted by molar-refractivity contribution is 0.362. The zero-order valence-corrected chi connectivity index (χ0v) is 14.9. The van der Waals surface area contributed by atoms with E-state index in [1.807, 2.05) is 42.5 Å². The molecular formula is C18H14Br2O2. The minimum absolute atomic E-state index is 0.553. The van der Waals surface area contributed by atoms with Crippen molar-refractivity contribution in [3.05, 3.63) is 65.4 Å². The maximum Gasteiger partial charge on any atom is 0.138 e. The van der Waals surface area contributed by atoms with E-state index in [0.717, 1.165) is 37.6 Å². The molecule has 0 saturated heterocycles. The molecule has 2 nitrogen and oxygen atoms in total. The number of furan rings is 1. The predicted octanol–water partition coefficient (Wildman–Crippen LogP) is 6.19. The molecule has 2 aromatic carbocycles. The van der Waals surface area contributed by atoms with Crippen LogP contribution in [0.3, 0.4) is 0 Å². The average molecular weight is 422 g/mol. The van der Waals surface area contributed by atoms with Gasteiger partial charge in [0.15, 0.2) is 0 Å². The van der Waals surface area contributed by atoms with E-state index in [2.05, 4.69) is 44.0 Å². The van der Waals surface area contributed by atoms with E-state index in [4.69, 9.17) is 9.15 Å². The van der Waals surface area contributed by atoms with Crippen LogP contribution >= 0.6 is 31.9 Å². The Kier molecular flexibility index (Phi) is 5.01. The van der Waals surface area contributed by atoms with Crippen molar-refractivity contribution in [1.29, 1.82) is 0 Å². The van der Waals surface area contributed by atoms with E-state index in [1.54, 1.807) is 6.26 Å². The molecule has 1 heterocycles. The van der Waals surface area contributed by atoms with E-state index < -0.39 is 0 Å². The van der Waals surface area contributed by atoms with Gasteiger partial charge in [-0.3, -0.25) is 0 Å². The van der Waals surface area contributed by atoms with Gasteiger partial charge in [0, 0.05) is 26.8 Å². The monoisotopic (exact) mass is 420 g/mol. The van der Waals surface area contributed by atoms with Crippen LogP contribution in [0, 0.1) is 0 Å². The SMILES string of the molecule is BrCC=CCOc1ccc2c(-c3ccc(Br)cc3)coc2c1. The number of fused-ring (bicyclic) bond motifs is 1. The average Bonchev–Trinajstić information content (AvgIpc) is 2.95. The summed E-state index contributed by atoms with van der Waals surface area (Å²) in [6.45, 7) is 0.553. The molecule has 0 aliphatic heterocycles. The summed E-state index contributed by atoms with van der Waals surface area (Å²) < 4.78 is 12.4. The van der Waals surface area contributed by atoms with Gasteiger partial charge in [-0.25, -0.2) is 0 Å². The highest BCUT2D eigenvalue weighted by atomic mass is 79.9. The molecule has 1 aromatic heterocycles. The Morgan fingerprint density at radius 3 is 2.64 bits per heavy atom. The van der Waals surface area contributed by atoms with Crippen molar-refractivity contribution < 1.29 is 9.15 Å². The first-order valence-corrected chi connectivity index (χ1v) is 8.80. The summed E-state index contributed by atoms with van der Waals surface area (Å²) in [5.41, 5.74) is 3.06. The van der Waals surface area contributed by atoms with Gasteiger partial charge in [0.2, 0.25) is 0 Å².